The number of esters is 1. The average Bonchev–Trinajstić information content (AvgIpc) is 2.45. The van der Waals surface area contributed by atoms with Gasteiger partial charge in [-0.05, 0) is 12.9 Å². The molecule has 0 aliphatic rings. The first-order valence-electron chi connectivity index (χ1n) is 10.2. The van der Waals surface area contributed by atoms with E-state index in [1.165, 1.54) is 0 Å². The van der Waals surface area contributed by atoms with Crippen molar-refractivity contribution in [2.75, 3.05) is 6.61 Å². The van der Waals surface area contributed by atoms with Crippen LogP contribution >= 0.6 is 0 Å². The van der Waals surface area contributed by atoms with Gasteiger partial charge in [-0.25, -0.2) is 0 Å². The molecule has 0 aliphatic carbocycles. The molecule has 0 unspecified atom stereocenters. The first kappa shape index (κ1) is 9.50. The summed E-state index contributed by atoms with van der Waals surface area (Å²) in [5.74, 6) is -5.27. The second kappa shape index (κ2) is 10.4. The monoisotopic (exact) mass is 312 g/mol. The molecule has 0 bridgehead atoms. The molecule has 114 valence electrons. The second-order valence-electron chi connectivity index (χ2n) is 5.86. The maximum Gasteiger partial charge on any atom is 0.305 e. The Labute approximate surface area is 132 Å². The second-order valence-corrected chi connectivity index (χ2v) is 15.4. The lowest BCUT2D eigenvalue weighted by atomic mass is 10.5. The van der Waals surface area contributed by atoms with Crippen LogP contribution in [-0.2, 0) is 14.3 Å². The third-order valence-corrected chi connectivity index (χ3v) is 3.09. The average molecular weight is 313 g/mol. The Kier molecular flexibility index (Phi) is 5.19. The summed E-state index contributed by atoms with van der Waals surface area (Å²) in [4.78, 5) is 21.7. The molecule has 0 saturated carbocycles. The van der Waals surface area contributed by atoms with Crippen LogP contribution in [0.5, 0.6) is 0 Å². The Bertz CT molecular complexity index is 525. The molecule has 0 N–H and O–H groups in total. The molecule has 0 aromatic rings. The molecule has 5 heteroatoms. The van der Waals surface area contributed by atoms with Crippen LogP contribution in [0.15, 0.2) is 0 Å². The fourth-order valence-electron chi connectivity index (χ4n) is 0.652. The highest BCUT2D eigenvalue weighted by Crippen LogP contribution is 2.11. The molecule has 0 saturated heterocycles. The van der Waals surface area contributed by atoms with Gasteiger partial charge in [0.05, 0.1) is 6.61 Å². The van der Waals surface area contributed by atoms with Gasteiger partial charge < -0.3 is 9.53 Å². The zero-order valence-electron chi connectivity index (χ0n) is 21.0. The van der Waals surface area contributed by atoms with Gasteiger partial charge in [-0.15, -0.1) is 0 Å². The molecular weight excluding hydrogens is 272 g/mol. The molecule has 19 heavy (non-hydrogen) atoms. The van der Waals surface area contributed by atoms with Crippen LogP contribution in [-0.4, -0.2) is 35.0 Å². The minimum Gasteiger partial charge on any atom is -0.466 e. The molecule has 0 fully saturated rings. The Morgan fingerprint density at radius 3 is 1.84 bits per heavy atom. The topological polar surface area (TPSA) is 43.4 Å². The quantitative estimate of drug-likeness (QED) is 0.402. The lowest BCUT2D eigenvalue weighted by molar-refractivity contribution is -0.142. The van der Waals surface area contributed by atoms with E-state index in [2.05, 4.69) is 4.74 Å². The third-order valence-electron chi connectivity index (χ3n) is 1.32. The van der Waals surface area contributed by atoms with Gasteiger partial charge >= 0.3 is 5.97 Å². The molecule has 0 heterocycles. The lowest BCUT2D eigenvalue weighted by Gasteiger charge is -2.14. The van der Waals surface area contributed by atoms with Crippen molar-refractivity contribution in [1.29, 1.82) is 0 Å². The summed E-state index contributed by atoms with van der Waals surface area (Å²) in [6.45, 7) is 11.8. The normalized spacial score (nSPS) is 20.6. The molecule has 0 amide bonds. The number of carbonyl (C=O) groups is 2. The van der Waals surface area contributed by atoms with Gasteiger partial charge in [0.2, 0.25) is 0 Å². The zero-order valence-corrected chi connectivity index (χ0v) is 15.0. The predicted molar refractivity (Wildman–Crippen MR) is 88.2 cm³/mol. The lowest BCUT2D eigenvalue weighted by Crippen LogP contribution is -2.21. The number of rotatable bonds is 7. The van der Waals surface area contributed by atoms with Gasteiger partial charge in [-0.2, -0.15) is 0 Å². The number of carbonyl (C=O) groups excluding carboxylic acids is 2. The van der Waals surface area contributed by atoms with E-state index in [1.54, 1.807) is 46.2 Å². The van der Waals surface area contributed by atoms with E-state index in [4.69, 9.17) is 11.0 Å². The summed E-state index contributed by atoms with van der Waals surface area (Å²) >= 11 is 0. The zero-order chi connectivity index (χ0) is 22.7. The van der Waals surface area contributed by atoms with Crippen LogP contribution in [0.2, 0.25) is 51.3 Å². The van der Waals surface area contributed by atoms with Crippen molar-refractivity contribution in [1.82, 2.24) is 0 Å². The highest BCUT2D eigenvalue weighted by molar-refractivity contribution is 6.76. The maximum atomic E-state index is 11.3. The van der Waals surface area contributed by atoms with Gasteiger partial charge in [0.15, 0.2) is 0 Å². The Morgan fingerprint density at radius 1 is 1.11 bits per heavy atom. The predicted octanol–water partition coefficient (Wildman–Crippen LogP) is 4.19. The van der Waals surface area contributed by atoms with Crippen molar-refractivity contribution in [3.8, 4) is 0 Å². The van der Waals surface area contributed by atoms with Crippen LogP contribution in [0.1, 0.15) is 30.6 Å². The molecule has 3 nitrogen and oxygen atoms in total. The molecule has 0 spiro atoms. The van der Waals surface area contributed by atoms with Crippen LogP contribution in [0, 0.1) is 0 Å². The molecule has 0 atom stereocenters. The largest absolute Gasteiger partial charge is 0.466 e. The van der Waals surface area contributed by atoms with Gasteiger partial charge in [0.1, 0.15) is 6.29 Å². The Morgan fingerprint density at radius 2 is 1.58 bits per heavy atom. The number of aldehydes is 1. The molecule has 0 aromatic carbocycles. The van der Waals surface area contributed by atoms with Crippen LogP contribution in [0.25, 0.3) is 0 Å². The van der Waals surface area contributed by atoms with Crippen LogP contribution in [0.4, 0.5) is 0 Å². The third kappa shape index (κ3) is 23.1. The van der Waals surface area contributed by atoms with Crippen molar-refractivity contribution in [2.24, 2.45) is 0 Å². The maximum absolute atomic E-state index is 11.3. The van der Waals surface area contributed by atoms with Crippen molar-refractivity contribution >= 4 is 28.4 Å². The van der Waals surface area contributed by atoms with Crippen molar-refractivity contribution in [3.05, 3.63) is 0 Å². The van der Waals surface area contributed by atoms with E-state index >= 15 is 0 Å². The molecule has 0 aromatic heterocycles. The van der Waals surface area contributed by atoms with E-state index in [0.29, 0.717) is 0 Å². The van der Waals surface area contributed by atoms with Gasteiger partial charge in [-0.3, -0.25) is 4.79 Å². The highest BCUT2D eigenvalue weighted by Gasteiger charge is 2.15. The molecule has 0 radical (unpaired) electrons. The number of hydrogen-bond donors (Lipinski definition) is 0. The van der Waals surface area contributed by atoms with Gasteiger partial charge in [-0.1, -0.05) is 45.3 Å². The van der Waals surface area contributed by atoms with Crippen LogP contribution < -0.4 is 0 Å². The van der Waals surface area contributed by atoms with Crippen molar-refractivity contribution < 1.29 is 25.3 Å². The molecule has 0 rings (SSSR count). The summed E-state index contributed by atoms with van der Waals surface area (Å²) in [5, 5.41) is 0. The Hall–Kier alpha value is -0.426. The van der Waals surface area contributed by atoms with E-state index in [1.807, 2.05) is 0 Å². The van der Waals surface area contributed by atoms with Gasteiger partial charge in [0.25, 0.3) is 0 Å². The standard InChI is InChI=1S/C8H18O2Si.C6H14OSi/c1-5-10-8(9)6-7-11(2,3)4;1-8(2,3)6-4-5-7/h5-7H2,1-4H3;5H,4,6H2,1-3H3/i6D2,7D2;4D2,6D2. The van der Waals surface area contributed by atoms with Crippen molar-refractivity contribution in [2.45, 2.75) is 70.9 Å². The van der Waals surface area contributed by atoms with E-state index in [-0.39, 0.29) is 12.9 Å². The van der Waals surface area contributed by atoms with Crippen molar-refractivity contribution in [3.63, 3.8) is 0 Å². The highest BCUT2D eigenvalue weighted by atomic mass is 28.3. The summed E-state index contributed by atoms with van der Waals surface area (Å²) in [5.41, 5.74) is 0. The minimum absolute atomic E-state index is 0.0557. The fourth-order valence-corrected chi connectivity index (χ4v) is 1.62. The van der Waals surface area contributed by atoms with Gasteiger partial charge in [0, 0.05) is 39.9 Å². The molecular formula is C14H32O3Si2. The minimum atomic E-state index is -2.58. The van der Waals surface area contributed by atoms with E-state index < -0.39 is 46.9 Å². The number of hydrogen-bond acceptors (Lipinski definition) is 3. The SMILES string of the molecule is [2H]C([2H])(C(=O)OCC)C([2H])([2H])[Si](C)(C)C.[2H]C([2H])(C=O)C([2H])([2H])[Si](C)(C)C. The first-order valence-corrected chi connectivity index (χ1v) is 13.2. The first-order chi connectivity index (χ1) is 11.5. The van der Waals surface area contributed by atoms with E-state index in [9.17, 15) is 9.59 Å². The summed E-state index contributed by atoms with van der Waals surface area (Å²) in [7, 11) is -4.77. The summed E-state index contributed by atoms with van der Waals surface area (Å²) in [6, 6.07) is 0. The van der Waals surface area contributed by atoms with Crippen LogP contribution in [0.3, 0.4) is 0 Å². The summed E-state index contributed by atoms with van der Waals surface area (Å²) < 4.78 is 64.5. The number of ether oxygens (including phenoxy) is 1. The Balaban J connectivity index is 0. The molecule has 0 aliphatic heterocycles. The fraction of sp³-hybridized carbons (Fsp3) is 0.857. The van der Waals surface area contributed by atoms with E-state index in [0.717, 1.165) is 0 Å². The smallest absolute Gasteiger partial charge is 0.305 e. The summed E-state index contributed by atoms with van der Waals surface area (Å²) in [6.07, 6.45) is -4.88.